The third-order valence-corrected chi connectivity index (χ3v) is 1.39. The van der Waals surface area contributed by atoms with E-state index >= 15 is 0 Å². The summed E-state index contributed by atoms with van der Waals surface area (Å²) < 4.78 is 0. The molecule has 0 fully saturated rings. The van der Waals surface area contributed by atoms with Crippen molar-refractivity contribution in [2.75, 3.05) is 5.43 Å². The number of hydrogen-bond donors (Lipinski definition) is 2. The summed E-state index contributed by atoms with van der Waals surface area (Å²) in [5.74, 6) is 0. The maximum Gasteiger partial charge on any atom is 0.0648 e. The van der Waals surface area contributed by atoms with E-state index in [1.54, 1.807) is 0 Å². The highest BCUT2D eigenvalue weighted by molar-refractivity contribution is 6.14. The molecule has 0 saturated heterocycles. The summed E-state index contributed by atoms with van der Waals surface area (Å²) >= 11 is 0. The van der Waals surface area contributed by atoms with E-state index in [0.29, 0.717) is 0 Å². The summed E-state index contributed by atoms with van der Waals surface area (Å²) in [6, 6.07) is 7.89. The molecule has 0 bridgehead atoms. The number of aryl methyl sites for hydroxylation is 1. The van der Waals surface area contributed by atoms with Gasteiger partial charge in [-0.3, -0.25) is 5.43 Å². The van der Waals surface area contributed by atoms with Gasteiger partial charge >= 0.3 is 0 Å². The predicted molar refractivity (Wildman–Crippen MR) is 52.1 cm³/mol. The molecule has 3 nitrogen and oxygen atoms in total. The van der Waals surface area contributed by atoms with Gasteiger partial charge in [0, 0.05) is 6.21 Å². The van der Waals surface area contributed by atoms with Crippen molar-refractivity contribution >= 4 is 18.1 Å². The van der Waals surface area contributed by atoms with E-state index in [1.165, 1.54) is 11.8 Å². The maximum atomic E-state index is 6.69. The van der Waals surface area contributed by atoms with Gasteiger partial charge in [-0.2, -0.15) is 5.10 Å². The molecule has 2 N–H and O–H groups in total. The summed E-state index contributed by atoms with van der Waals surface area (Å²) in [6.45, 7) is 2.03. The summed E-state index contributed by atoms with van der Waals surface area (Å²) in [5.41, 5.74) is 4.94. The Labute approximate surface area is 71.6 Å². The lowest BCUT2D eigenvalue weighted by atomic mass is 10.2. The zero-order chi connectivity index (χ0) is 8.81. The number of hydrogen-bond acceptors (Lipinski definition) is 3. The molecule has 0 unspecified atom stereocenters. The van der Waals surface area contributed by atoms with E-state index in [-0.39, 0.29) is 0 Å². The fourth-order valence-electron chi connectivity index (χ4n) is 0.777. The largest absolute Gasteiger partial charge is 0.307 e. The third-order valence-electron chi connectivity index (χ3n) is 1.39. The van der Waals surface area contributed by atoms with Crippen LogP contribution in [0.5, 0.6) is 0 Å². The normalized spacial score (nSPS) is 10.1. The van der Waals surface area contributed by atoms with Crippen LogP contribution in [-0.4, -0.2) is 12.4 Å². The number of nitrogens with zero attached hydrogens (tertiary/aromatic N) is 1. The molecule has 62 valence electrons. The van der Waals surface area contributed by atoms with E-state index in [9.17, 15) is 0 Å². The van der Waals surface area contributed by atoms with Gasteiger partial charge in [0.2, 0.25) is 0 Å². The Kier molecular flexibility index (Phi) is 3.02. The highest BCUT2D eigenvalue weighted by Crippen LogP contribution is 2.07. The Bertz CT molecular complexity index is 274. The second kappa shape index (κ2) is 4.28. The van der Waals surface area contributed by atoms with E-state index in [1.807, 2.05) is 31.2 Å². The zero-order valence-electron chi connectivity index (χ0n) is 6.91. The minimum atomic E-state index is 0.929. The van der Waals surface area contributed by atoms with Gasteiger partial charge in [0.05, 0.1) is 11.9 Å². The molecule has 0 heterocycles. The number of hydrazone groups is 1. The molecule has 0 aliphatic heterocycles. The summed E-state index contributed by atoms with van der Waals surface area (Å²) in [4.78, 5) is 0. The van der Waals surface area contributed by atoms with Crippen molar-refractivity contribution in [3.05, 3.63) is 29.8 Å². The topological polar surface area (TPSA) is 48.2 Å². The Hall–Kier alpha value is -1.64. The highest BCUT2D eigenvalue weighted by Gasteiger charge is 1.86. The minimum absolute atomic E-state index is 0.929. The lowest BCUT2D eigenvalue weighted by Crippen LogP contribution is -1.88. The van der Waals surface area contributed by atoms with Crippen LogP contribution in [0.1, 0.15) is 5.56 Å². The highest BCUT2D eigenvalue weighted by atomic mass is 15.3. The van der Waals surface area contributed by atoms with Gasteiger partial charge in [0.15, 0.2) is 0 Å². The molecule has 12 heavy (non-hydrogen) atoms. The van der Waals surface area contributed by atoms with Crippen molar-refractivity contribution < 1.29 is 0 Å². The molecule has 1 aromatic rings. The number of rotatable bonds is 3. The molecule has 3 heteroatoms. The second-order valence-electron chi connectivity index (χ2n) is 2.42. The lowest BCUT2D eigenvalue weighted by molar-refractivity contribution is 1.34. The van der Waals surface area contributed by atoms with Crippen LogP contribution in [0.3, 0.4) is 0 Å². The van der Waals surface area contributed by atoms with Crippen molar-refractivity contribution in [1.29, 1.82) is 5.41 Å². The van der Waals surface area contributed by atoms with E-state index in [2.05, 4.69) is 10.5 Å². The van der Waals surface area contributed by atoms with Crippen LogP contribution < -0.4 is 5.43 Å². The summed E-state index contributed by atoms with van der Waals surface area (Å²) in [5, 5.41) is 10.5. The Morgan fingerprint density at radius 1 is 1.33 bits per heavy atom. The maximum absolute atomic E-state index is 6.69. The molecule has 1 aromatic carbocycles. The van der Waals surface area contributed by atoms with Crippen molar-refractivity contribution in [1.82, 2.24) is 0 Å². The molecule has 0 aliphatic rings. The number of anilines is 1. The molecule has 0 radical (unpaired) electrons. The van der Waals surface area contributed by atoms with Crippen LogP contribution in [0.2, 0.25) is 0 Å². The quantitative estimate of drug-likeness (QED) is 0.517. The number of nitrogens with one attached hydrogen (secondary N) is 2. The second-order valence-corrected chi connectivity index (χ2v) is 2.42. The first kappa shape index (κ1) is 8.46. The van der Waals surface area contributed by atoms with Crippen LogP contribution in [-0.2, 0) is 0 Å². The van der Waals surface area contributed by atoms with Gasteiger partial charge in [-0.1, -0.05) is 17.7 Å². The first-order valence-electron chi connectivity index (χ1n) is 3.68. The minimum Gasteiger partial charge on any atom is -0.307 e. The molecule has 1 rings (SSSR count). The molecule has 0 aromatic heterocycles. The molecular formula is C9H11N3. The van der Waals surface area contributed by atoms with Gasteiger partial charge in [0.25, 0.3) is 0 Å². The van der Waals surface area contributed by atoms with Crippen LogP contribution in [0.25, 0.3) is 0 Å². The monoisotopic (exact) mass is 161 g/mol. The van der Waals surface area contributed by atoms with E-state index in [4.69, 9.17) is 5.41 Å². The molecule has 0 spiro atoms. The SMILES string of the molecule is Cc1ccc(N/N=C\C=N)cc1. The van der Waals surface area contributed by atoms with Gasteiger partial charge < -0.3 is 5.41 Å². The Morgan fingerprint density at radius 2 is 2.00 bits per heavy atom. The fourth-order valence-corrected chi connectivity index (χ4v) is 0.777. The first-order valence-corrected chi connectivity index (χ1v) is 3.68. The molecule has 0 atom stereocenters. The molecule has 0 saturated carbocycles. The standard InChI is InChI=1S/C9H11N3/c1-8-2-4-9(5-3-8)12-11-7-6-10/h2-7,10,12H,1H3/b10-6?,11-7-. The summed E-state index contributed by atoms with van der Waals surface area (Å²) in [7, 11) is 0. The molecule has 0 aliphatic carbocycles. The van der Waals surface area contributed by atoms with Crippen LogP contribution in [0.4, 0.5) is 5.69 Å². The molecule has 0 amide bonds. The third kappa shape index (κ3) is 2.54. The van der Waals surface area contributed by atoms with Crippen LogP contribution >= 0.6 is 0 Å². The molecular weight excluding hydrogens is 150 g/mol. The van der Waals surface area contributed by atoms with Crippen molar-refractivity contribution in [3.8, 4) is 0 Å². The van der Waals surface area contributed by atoms with Gasteiger partial charge in [-0.25, -0.2) is 0 Å². The Balaban J connectivity index is 2.58. The Morgan fingerprint density at radius 3 is 2.58 bits per heavy atom. The average Bonchev–Trinajstić information content (AvgIpc) is 2.09. The van der Waals surface area contributed by atoms with Crippen LogP contribution in [0.15, 0.2) is 29.4 Å². The van der Waals surface area contributed by atoms with Crippen LogP contribution in [0, 0.1) is 12.3 Å². The van der Waals surface area contributed by atoms with Crippen molar-refractivity contribution in [2.45, 2.75) is 6.92 Å². The average molecular weight is 161 g/mol. The zero-order valence-corrected chi connectivity index (χ0v) is 6.91. The number of benzene rings is 1. The van der Waals surface area contributed by atoms with Gasteiger partial charge in [-0.05, 0) is 19.1 Å². The van der Waals surface area contributed by atoms with Gasteiger partial charge in [0.1, 0.15) is 0 Å². The fraction of sp³-hybridized carbons (Fsp3) is 0.111. The summed E-state index contributed by atoms with van der Waals surface area (Å²) in [6.07, 6.45) is 2.51. The lowest BCUT2D eigenvalue weighted by Gasteiger charge is -1.98. The van der Waals surface area contributed by atoms with E-state index < -0.39 is 0 Å². The first-order chi connectivity index (χ1) is 5.83. The van der Waals surface area contributed by atoms with Gasteiger partial charge in [-0.15, -0.1) is 0 Å². The van der Waals surface area contributed by atoms with Crippen molar-refractivity contribution in [2.24, 2.45) is 5.10 Å². The van der Waals surface area contributed by atoms with Crippen molar-refractivity contribution in [3.63, 3.8) is 0 Å². The van der Waals surface area contributed by atoms with E-state index in [0.717, 1.165) is 11.9 Å². The predicted octanol–water partition coefficient (Wildman–Crippen LogP) is 2.04. The smallest absolute Gasteiger partial charge is 0.0648 e.